The fourth-order valence-electron chi connectivity index (χ4n) is 4.93. The fraction of sp³-hybridized carbons (Fsp3) is 0.156. The number of carboxylic acid groups (broad SMARTS) is 1. The van der Waals surface area contributed by atoms with Crippen LogP contribution in [0, 0.1) is 0 Å². The van der Waals surface area contributed by atoms with E-state index in [-0.39, 0.29) is 18.9 Å². The van der Waals surface area contributed by atoms with Gasteiger partial charge in [-0.2, -0.15) is 0 Å². The topological polar surface area (TPSA) is 87.7 Å². The quantitative estimate of drug-likeness (QED) is 0.221. The molecule has 0 aromatic heterocycles. The summed E-state index contributed by atoms with van der Waals surface area (Å²) in [6.07, 6.45) is -0.00837. The molecule has 1 aliphatic rings. The van der Waals surface area contributed by atoms with Crippen molar-refractivity contribution in [1.82, 2.24) is 5.32 Å². The molecule has 0 spiro atoms. The van der Waals surface area contributed by atoms with E-state index in [4.69, 9.17) is 17.0 Å². The molecule has 0 saturated heterocycles. The van der Waals surface area contributed by atoms with Crippen molar-refractivity contribution in [3.8, 4) is 11.1 Å². The highest BCUT2D eigenvalue weighted by atomic mass is 32.1. The van der Waals surface area contributed by atoms with Crippen molar-refractivity contribution in [3.63, 3.8) is 0 Å². The number of ether oxygens (including phenoxy) is 1. The number of alkyl carbamates (subject to hydrolysis) is 1. The number of carboxylic acids is 1. The molecule has 0 heterocycles. The molecule has 0 radical (unpaired) electrons. The number of thiocarbonyl (C=S) groups is 1. The summed E-state index contributed by atoms with van der Waals surface area (Å²) < 4.78 is 5.53. The van der Waals surface area contributed by atoms with Crippen LogP contribution in [0.2, 0.25) is 0 Å². The van der Waals surface area contributed by atoms with E-state index in [1.807, 2.05) is 91.0 Å². The first-order valence-electron chi connectivity index (χ1n) is 12.7. The number of anilines is 1. The van der Waals surface area contributed by atoms with Gasteiger partial charge in [0.25, 0.3) is 0 Å². The number of nitrogens with one attached hydrogen (secondary N) is 2. The lowest BCUT2D eigenvalue weighted by Crippen LogP contribution is -2.42. The number of hydrogen-bond donors (Lipinski definition) is 3. The Bertz CT molecular complexity index is 1440. The molecule has 6 nitrogen and oxygen atoms in total. The van der Waals surface area contributed by atoms with Crippen molar-refractivity contribution in [2.75, 3.05) is 11.9 Å². The number of benzene rings is 4. The summed E-state index contributed by atoms with van der Waals surface area (Å²) >= 11 is 5.46. The van der Waals surface area contributed by atoms with Crippen LogP contribution in [-0.2, 0) is 22.4 Å². The Morgan fingerprint density at radius 1 is 0.795 bits per heavy atom. The molecule has 4 aromatic carbocycles. The van der Waals surface area contributed by atoms with Crippen LogP contribution < -0.4 is 10.6 Å². The molecule has 0 saturated carbocycles. The summed E-state index contributed by atoms with van der Waals surface area (Å²) in [6.45, 7) is 0.120. The first-order chi connectivity index (χ1) is 19.0. The molecule has 1 atom stereocenters. The second-order valence-corrected chi connectivity index (χ2v) is 9.97. The Labute approximate surface area is 232 Å². The van der Waals surface area contributed by atoms with Gasteiger partial charge in [-0.3, -0.25) is 0 Å². The minimum atomic E-state index is -1.13. The van der Waals surface area contributed by atoms with E-state index in [0.717, 1.165) is 39.1 Å². The summed E-state index contributed by atoms with van der Waals surface area (Å²) in [6, 6.07) is 32.3. The highest BCUT2D eigenvalue weighted by Gasteiger charge is 2.29. The molecular weight excluding hydrogens is 508 g/mol. The Hall–Kier alpha value is -4.49. The van der Waals surface area contributed by atoms with Gasteiger partial charge in [-0.15, -0.1) is 0 Å². The average molecular weight is 537 g/mol. The SMILES string of the molecule is O=C(N[C@@H](Cc1ccc(NC(=S)Cc2ccccc2)cc1)C(=O)O)OCC1c2ccccc2-c2ccccc21. The lowest BCUT2D eigenvalue weighted by molar-refractivity contribution is -0.139. The molecule has 3 N–H and O–H groups in total. The van der Waals surface area contributed by atoms with Crippen LogP contribution in [0.5, 0.6) is 0 Å². The molecule has 0 unspecified atom stereocenters. The Morgan fingerprint density at radius 2 is 1.38 bits per heavy atom. The maximum absolute atomic E-state index is 12.6. The molecule has 7 heteroatoms. The van der Waals surface area contributed by atoms with Crippen molar-refractivity contribution in [2.24, 2.45) is 0 Å². The van der Waals surface area contributed by atoms with Crippen molar-refractivity contribution in [1.29, 1.82) is 0 Å². The maximum Gasteiger partial charge on any atom is 0.407 e. The Balaban J connectivity index is 1.16. The van der Waals surface area contributed by atoms with Gasteiger partial charge in [0.15, 0.2) is 0 Å². The highest BCUT2D eigenvalue weighted by Crippen LogP contribution is 2.44. The number of fused-ring (bicyclic) bond motifs is 3. The molecule has 1 aliphatic carbocycles. The number of aliphatic carboxylic acids is 1. The predicted octanol–water partition coefficient (Wildman–Crippen LogP) is 6.20. The second kappa shape index (κ2) is 11.9. The zero-order valence-electron chi connectivity index (χ0n) is 21.2. The number of carbonyl (C=O) groups is 2. The van der Waals surface area contributed by atoms with E-state index in [0.29, 0.717) is 11.4 Å². The van der Waals surface area contributed by atoms with Gasteiger partial charge in [-0.1, -0.05) is 103 Å². The van der Waals surface area contributed by atoms with Crippen LogP contribution in [0.15, 0.2) is 103 Å². The molecule has 5 rings (SSSR count). The van der Waals surface area contributed by atoms with Crippen molar-refractivity contribution >= 4 is 35.0 Å². The molecule has 4 aromatic rings. The second-order valence-electron chi connectivity index (χ2n) is 9.47. The normalized spacial score (nSPS) is 12.6. The first kappa shape index (κ1) is 26.1. The average Bonchev–Trinajstić information content (AvgIpc) is 3.26. The zero-order valence-corrected chi connectivity index (χ0v) is 22.0. The molecule has 196 valence electrons. The van der Waals surface area contributed by atoms with Crippen LogP contribution in [0.25, 0.3) is 11.1 Å². The Kier molecular flexibility index (Phi) is 7.99. The van der Waals surface area contributed by atoms with Gasteiger partial charge in [0.1, 0.15) is 12.6 Å². The van der Waals surface area contributed by atoms with Gasteiger partial charge in [0, 0.05) is 24.4 Å². The van der Waals surface area contributed by atoms with E-state index in [1.165, 1.54) is 0 Å². The molecule has 0 aliphatic heterocycles. The van der Waals surface area contributed by atoms with Gasteiger partial charge >= 0.3 is 12.1 Å². The van der Waals surface area contributed by atoms with E-state index in [9.17, 15) is 14.7 Å². The highest BCUT2D eigenvalue weighted by molar-refractivity contribution is 7.80. The van der Waals surface area contributed by atoms with Gasteiger partial charge < -0.3 is 20.5 Å². The summed E-state index contributed by atoms with van der Waals surface area (Å²) in [4.78, 5) is 25.2. The van der Waals surface area contributed by atoms with E-state index in [1.54, 1.807) is 0 Å². The number of amides is 1. The summed E-state index contributed by atoms with van der Waals surface area (Å²) in [5.74, 6) is -1.23. The van der Waals surface area contributed by atoms with Crippen molar-refractivity contribution in [3.05, 3.63) is 125 Å². The molecule has 0 fully saturated rings. The summed E-state index contributed by atoms with van der Waals surface area (Å²) in [5.41, 5.74) is 7.15. The molecule has 0 bridgehead atoms. The standard InChI is InChI=1S/C32H28N2O4S/c35-31(36)29(18-22-14-16-23(17-15-22)33-30(39)19-21-8-2-1-3-9-21)34-32(37)38-20-28-26-12-6-4-10-24(26)25-11-5-7-13-27(25)28/h1-17,28-29H,18-20H2,(H,33,39)(H,34,37)(H,35,36)/t29-/m0/s1. The monoisotopic (exact) mass is 536 g/mol. The van der Waals surface area contributed by atoms with E-state index in [2.05, 4.69) is 22.8 Å². The van der Waals surface area contributed by atoms with Crippen LogP contribution in [0.1, 0.15) is 28.2 Å². The number of hydrogen-bond acceptors (Lipinski definition) is 4. The van der Waals surface area contributed by atoms with Gasteiger partial charge in [0.05, 0.1) is 4.99 Å². The minimum Gasteiger partial charge on any atom is -0.480 e. The van der Waals surface area contributed by atoms with Gasteiger partial charge in [0.2, 0.25) is 0 Å². The third kappa shape index (κ3) is 6.33. The maximum atomic E-state index is 12.6. The lowest BCUT2D eigenvalue weighted by Gasteiger charge is -2.18. The summed E-state index contributed by atoms with van der Waals surface area (Å²) in [5, 5.41) is 15.5. The summed E-state index contributed by atoms with van der Waals surface area (Å²) in [7, 11) is 0. The predicted molar refractivity (Wildman–Crippen MR) is 156 cm³/mol. The van der Waals surface area contributed by atoms with Crippen LogP contribution in [-0.4, -0.2) is 34.8 Å². The smallest absolute Gasteiger partial charge is 0.407 e. The lowest BCUT2D eigenvalue weighted by atomic mass is 9.98. The largest absolute Gasteiger partial charge is 0.480 e. The number of carbonyl (C=O) groups excluding carboxylic acids is 1. The molecule has 1 amide bonds. The van der Waals surface area contributed by atoms with Gasteiger partial charge in [-0.25, -0.2) is 9.59 Å². The van der Waals surface area contributed by atoms with Crippen molar-refractivity contribution < 1.29 is 19.4 Å². The third-order valence-electron chi connectivity index (χ3n) is 6.82. The first-order valence-corrected chi connectivity index (χ1v) is 13.2. The van der Waals surface area contributed by atoms with E-state index < -0.39 is 18.1 Å². The van der Waals surface area contributed by atoms with Gasteiger partial charge in [-0.05, 0) is 45.5 Å². The van der Waals surface area contributed by atoms with Crippen LogP contribution >= 0.6 is 12.2 Å². The Morgan fingerprint density at radius 3 is 2.00 bits per heavy atom. The minimum absolute atomic E-state index is 0.0977. The van der Waals surface area contributed by atoms with Crippen molar-refractivity contribution in [2.45, 2.75) is 24.8 Å². The van der Waals surface area contributed by atoms with Crippen LogP contribution in [0.4, 0.5) is 10.5 Å². The molecular formula is C32H28N2O4S. The van der Waals surface area contributed by atoms with Crippen LogP contribution in [0.3, 0.4) is 0 Å². The van der Waals surface area contributed by atoms with E-state index >= 15 is 0 Å². The third-order valence-corrected chi connectivity index (χ3v) is 7.07. The zero-order chi connectivity index (χ0) is 27.2. The molecule has 39 heavy (non-hydrogen) atoms. The fourth-order valence-corrected chi connectivity index (χ4v) is 5.21. The number of rotatable bonds is 9.